The van der Waals surface area contributed by atoms with Crippen LogP contribution in [0.5, 0.6) is 0 Å². The van der Waals surface area contributed by atoms with Gasteiger partial charge in [-0.25, -0.2) is 5.26 Å². The zero-order chi connectivity index (χ0) is 15.0. The maximum absolute atomic E-state index is 13.3. The van der Waals surface area contributed by atoms with E-state index < -0.39 is 23.2 Å². The zero-order valence-electron chi connectivity index (χ0n) is 11.4. The summed E-state index contributed by atoms with van der Waals surface area (Å²) >= 11 is -0.534. The molecule has 3 aliphatic carbocycles. The zero-order valence-corrected chi connectivity index (χ0v) is 12.2. The highest BCUT2D eigenvalue weighted by molar-refractivity contribution is 7.96. The number of halogens is 2. The Bertz CT molecular complexity index is 378. The molecular formula is C12H19F2NO4S. The van der Waals surface area contributed by atoms with Crippen LogP contribution in [0.3, 0.4) is 0 Å². The summed E-state index contributed by atoms with van der Waals surface area (Å²) in [7, 11) is 0. The van der Waals surface area contributed by atoms with Gasteiger partial charge in [0.2, 0.25) is 0 Å². The molecule has 0 aromatic carbocycles. The van der Waals surface area contributed by atoms with Gasteiger partial charge in [-0.2, -0.15) is 8.78 Å². The molecule has 0 spiro atoms. The van der Waals surface area contributed by atoms with Gasteiger partial charge in [-0.3, -0.25) is 4.79 Å². The van der Waals surface area contributed by atoms with E-state index in [4.69, 9.17) is 5.26 Å². The van der Waals surface area contributed by atoms with Crippen molar-refractivity contribution in [3.63, 3.8) is 0 Å². The van der Waals surface area contributed by atoms with E-state index in [2.05, 4.69) is 28.5 Å². The lowest BCUT2D eigenvalue weighted by molar-refractivity contribution is -0.433. The highest BCUT2D eigenvalue weighted by Gasteiger charge is 2.54. The molecule has 0 aromatic heterocycles. The van der Waals surface area contributed by atoms with Crippen molar-refractivity contribution in [1.29, 1.82) is 0 Å². The molecule has 0 saturated heterocycles. The Kier molecular flexibility index (Phi) is 4.58. The second-order valence-electron chi connectivity index (χ2n) is 6.15. The van der Waals surface area contributed by atoms with Crippen molar-refractivity contribution in [1.82, 2.24) is 5.32 Å². The van der Waals surface area contributed by atoms with Crippen molar-refractivity contribution < 1.29 is 28.2 Å². The average Bonchev–Trinajstić information content (AvgIpc) is 2.42. The highest BCUT2D eigenvalue weighted by Crippen LogP contribution is 2.61. The van der Waals surface area contributed by atoms with Gasteiger partial charge in [0.05, 0.1) is 0 Å². The third kappa shape index (κ3) is 2.93. The average molecular weight is 311 g/mol. The predicted molar refractivity (Wildman–Crippen MR) is 68.4 cm³/mol. The SMILES string of the molecule is CC1(C)C2CCC(CNC(=O)C(F)(F)SOOO)C1C2. The van der Waals surface area contributed by atoms with E-state index >= 15 is 0 Å². The van der Waals surface area contributed by atoms with Gasteiger partial charge in [0.1, 0.15) is 12.0 Å². The monoisotopic (exact) mass is 311 g/mol. The van der Waals surface area contributed by atoms with Crippen molar-refractivity contribution in [2.75, 3.05) is 6.54 Å². The van der Waals surface area contributed by atoms with Crippen LogP contribution in [-0.2, 0) is 14.2 Å². The standard InChI is InChI=1S/C12H19F2NO4S/c1-11(2)8-4-3-7(9(11)5-8)6-15-10(16)12(13,14)20-19-18-17/h7-9,17H,3-6H2,1-2H3,(H,15,16). The Morgan fingerprint density at radius 1 is 1.50 bits per heavy atom. The van der Waals surface area contributed by atoms with Gasteiger partial charge < -0.3 is 5.32 Å². The van der Waals surface area contributed by atoms with Crippen molar-refractivity contribution in [3.8, 4) is 0 Å². The Morgan fingerprint density at radius 2 is 2.20 bits per heavy atom. The molecule has 3 aliphatic rings. The lowest BCUT2D eigenvalue weighted by atomic mass is 9.45. The van der Waals surface area contributed by atoms with Crippen LogP contribution in [-0.4, -0.2) is 23.0 Å². The van der Waals surface area contributed by atoms with Crippen LogP contribution >= 0.6 is 12.0 Å². The summed E-state index contributed by atoms with van der Waals surface area (Å²) in [6, 6.07) is 0. The number of carbonyl (C=O) groups excluding carboxylic acids is 1. The number of fused-ring (bicyclic) bond motifs is 2. The van der Waals surface area contributed by atoms with E-state index in [1.807, 2.05) is 0 Å². The van der Waals surface area contributed by atoms with Crippen molar-refractivity contribution in [2.24, 2.45) is 23.2 Å². The molecule has 0 radical (unpaired) electrons. The largest absolute Gasteiger partial charge is 0.397 e. The molecular weight excluding hydrogens is 292 g/mol. The number of hydrogen-bond donors (Lipinski definition) is 2. The van der Waals surface area contributed by atoms with Crippen LogP contribution < -0.4 is 5.32 Å². The maximum atomic E-state index is 13.3. The van der Waals surface area contributed by atoms with Crippen LogP contribution in [0.2, 0.25) is 0 Å². The lowest BCUT2D eigenvalue weighted by Crippen LogP contribution is -2.55. The first-order chi connectivity index (χ1) is 9.29. The van der Waals surface area contributed by atoms with Gasteiger partial charge in [-0.05, 0) is 42.4 Å². The number of amides is 1. The summed E-state index contributed by atoms with van der Waals surface area (Å²) in [5.41, 5.74) is 0.249. The minimum Gasteiger partial charge on any atom is -0.350 e. The van der Waals surface area contributed by atoms with Gasteiger partial charge >= 0.3 is 11.2 Å². The summed E-state index contributed by atoms with van der Waals surface area (Å²) in [6.07, 6.45) is 3.19. The molecule has 8 heteroatoms. The number of alkyl halides is 2. The second kappa shape index (κ2) is 5.75. The Labute approximate surface area is 120 Å². The molecule has 20 heavy (non-hydrogen) atoms. The fraction of sp³-hybridized carbons (Fsp3) is 0.917. The topological polar surface area (TPSA) is 67.8 Å². The van der Waals surface area contributed by atoms with Crippen LogP contribution in [0, 0.1) is 23.2 Å². The molecule has 3 saturated carbocycles. The highest BCUT2D eigenvalue weighted by atomic mass is 32.2. The first kappa shape index (κ1) is 15.9. The molecule has 116 valence electrons. The molecule has 3 rings (SSSR count). The molecule has 1 amide bonds. The van der Waals surface area contributed by atoms with E-state index in [9.17, 15) is 13.6 Å². The van der Waals surface area contributed by atoms with E-state index in [1.54, 1.807) is 0 Å². The van der Waals surface area contributed by atoms with Gasteiger partial charge in [-0.15, -0.1) is 4.33 Å². The lowest BCUT2D eigenvalue weighted by Gasteiger charge is -2.60. The second-order valence-corrected chi connectivity index (χ2v) is 6.97. The van der Waals surface area contributed by atoms with Gasteiger partial charge in [0.15, 0.2) is 0 Å². The number of hydrogen-bond acceptors (Lipinski definition) is 5. The minimum absolute atomic E-state index is 0.245. The molecule has 2 N–H and O–H groups in total. The van der Waals surface area contributed by atoms with Crippen LogP contribution in [0.1, 0.15) is 33.1 Å². The summed E-state index contributed by atoms with van der Waals surface area (Å²) in [5.74, 6) is 0.0277. The van der Waals surface area contributed by atoms with Crippen LogP contribution in [0.25, 0.3) is 0 Å². The van der Waals surface area contributed by atoms with E-state index in [0.29, 0.717) is 5.92 Å². The van der Waals surface area contributed by atoms with E-state index in [1.165, 1.54) is 0 Å². The number of carbonyl (C=O) groups is 1. The van der Waals surface area contributed by atoms with Crippen LogP contribution in [0.4, 0.5) is 8.78 Å². The summed E-state index contributed by atoms with van der Waals surface area (Å²) in [6.45, 7) is 4.66. The number of nitrogens with one attached hydrogen (secondary N) is 1. The fourth-order valence-corrected chi connectivity index (χ4v) is 3.89. The third-order valence-corrected chi connectivity index (χ3v) is 5.48. The maximum Gasteiger partial charge on any atom is 0.397 e. The summed E-state index contributed by atoms with van der Waals surface area (Å²) in [4.78, 5) is 11.4. The van der Waals surface area contributed by atoms with Gasteiger partial charge in [-0.1, -0.05) is 18.9 Å². The van der Waals surface area contributed by atoms with Crippen molar-refractivity contribution in [3.05, 3.63) is 0 Å². The van der Waals surface area contributed by atoms with Gasteiger partial charge in [0, 0.05) is 6.54 Å². The van der Waals surface area contributed by atoms with Crippen LogP contribution in [0.15, 0.2) is 0 Å². The summed E-state index contributed by atoms with van der Waals surface area (Å²) < 4.78 is 30.1. The molecule has 3 unspecified atom stereocenters. The fourth-order valence-electron chi connectivity index (χ4n) is 3.63. The molecule has 0 aromatic rings. The first-order valence-corrected chi connectivity index (χ1v) is 7.35. The smallest absolute Gasteiger partial charge is 0.350 e. The van der Waals surface area contributed by atoms with E-state index in [0.717, 1.165) is 25.2 Å². The molecule has 2 bridgehead atoms. The van der Waals surface area contributed by atoms with E-state index in [-0.39, 0.29) is 17.9 Å². The quantitative estimate of drug-likeness (QED) is 0.448. The Balaban J connectivity index is 1.82. The van der Waals surface area contributed by atoms with Gasteiger partial charge in [0.25, 0.3) is 0 Å². The molecule has 0 aliphatic heterocycles. The Hall–Kier alpha value is -0.440. The van der Waals surface area contributed by atoms with Crippen molar-refractivity contribution in [2.45, 2.75) is 38.4 Å². The molecule has 3 fully saturated rings. The predicted octanol–water partition coefficient (Wildman–Crippen LogP) is 2.84. The minimum atomic E-state index is -3.80. The molecule has 5 nitrogen and oxygen atoms in total. The molecule has 3 atom stereocenters. The summed E-state index contributed by atoms with van der Waals surface area (Å²) in [5, 5.41) is 9.38. The third-order valence-electron chi connectivity index (χ3n) is 4.96. The Morgan fingerprint density at radius 3 is 2.75 bits per heavy atom. The van der Waals surface area contributed by atoms with Crippen molar-refractivity contribution >= 4 is 17.9 Å². The normalized spacial score (nSPS) is 31.6. The number of rotatable bonds is 6. The first-order valence-electron chi connectivity index (χ1n) is 6.61. The molecule has 0 heterocycles.